The van der Waals surface area contributed by atoms with Crippen LogP contribution in [-0.4, -0.2) is 165 Å². The molecule has 0 bridgehead atoms. The number of amides is 3. The van der Waals surface area contributed by atoms with Crippen molar-refractivity contribution in [1.82, 2.24) is 15.6 Å². The van der Waals surface area contributed by atoms with Crippen molar-refractivity contribution in [2.24, 2.45) is 0 Å². The van der Waals surface area contributed by atoms with E-state index < -0.39 is 69.9 Å². The van der Waals surface area contributed by atoms with Gasteiger partial charge < -0.3 is 59.2 Å². The number of aliphatic hydroxyl groups excluding tert-OH is 3. The zero-order chi connectivity index (χ0) is 81.0. The highest BCUT2D eigenvalue weighted by Gasteiger charge is 2.64. The molecular formula is C74H93B3Br3F3N4O16S6. The summed E-state index contributed by atoms with van der Waals surface area (Å²) < 4.78 is 126. The van der Waals surface area contributed by atoms with Crippen LogP contribution >= 0.6 is 95.3 Å². The lowest BCUT2D eigenvalue weighted by molar-refractivity contribution is -0.173. The number of nitrogens with zero attached hydrogens (tertiary/aromatic N) is 1. The molecule has 0 saturated carbocycles. The Morgan fingerprint density at radius 3 is 1.58 bits per heavy atom. The summed E-state index contributed by atoms with van der Waals surface area (Å²) in [5, 5.41) is 33.7. The first-order valence-electron chi connectivity index (χ1n) is 34.7. The second kappa shape index (κ2) is 41.1. The molecule has 592 valence electrons. The first-order valence-corrected chi connectivity index (χ1v) is 43.7. The van der Waals surface area contributed by atoms with Crippen molar-refractivity contribution in [3.8, 4) is 10.6 Å². The SMILES string of the molecule is CC1(C)OB(B2OC(C)(C)C(C)(C)O2)OC1(C)C.CC1(C)OB(c2ccc(SCCCO)cc2)OC1(C)C.O=C(NCc1cnc(-c2ccc(S(=O)(=O)CCCNC(=O)C(F)(F)F)cc2)s1)c1ccc2c(c1)NC(=O)c1ccccc1S2(=O)=O.OCCCBr.OCCCSc1ccc(Br)cc1.Sc1ccc(Br)cc1. The summed E-state index contributed by atoms with van der Waals surface area (Å²) >= 11 is 18.7. The smallest absolute Gasteiger partial charge is 0.405 e. The first-order chi connectivity index (χ1) is 50.9. The molecule has 11 rings (SSSR count). The normalized spacial score (nSPS) is 17.1. The van der Waals surface area contributed by atoms with Gasteiger partial charge in [-0.05, 0) is 217 Å². The number of rotatable bonds is 21. The highest BCUT2D eigenvalue weighted by molar-refractivity contribution is 9.10. The Labute approximate surface area is 682 Å². The van der Waals surface area contributed by atoms with Crippen molar-refractivity contribution in [2.75, 3.05) is 54.3 Å². The van der Waals surface area contributed by atoms with E-state index in [1.54, 1.807) is 34.9 Å². The third-order valence-electron chi connectivity index (χ3n) is 18.0. The van der Waals surface area contributed by atoms with E-state index in [-0.39, 0.29) is 98.4 Å². The number of carbonyl (C=O) groups excluding carboxylic acids is 3. The van der Waals surface area contributed by atoms with Crippen molar-refractivity contribution in [3.05, 3.63) is 171 Å². The number of aromatic nitrogens is 1. The average Bonchev–Trinajstić information content (AvgIpc) is 1.60. The molecule has 3 fully saturated rings. The van der Waals surface area contributed by atoms with Gasteiger partial charge in [-0.25, -0.2) is 21.8 Å². The van der Waals surface area contributed by atoms with Gasteiger partial charge in [0.25, 0.3) is 11.8 Å². The number of halogens is 6. The molecular weight excluding hydrogens is 1720 g/mol. The Balaban J connectivity index is 0.000000241. The van der Waals surface area contributed by atoms with Crippen molar-refractivity contribution in [1.29, 1.82) is 0 Å². The molecule has 1 aromatic heterocycles. The quantitative estimate of drug-likeness (QED) is 0.0116. The van der Waals surface area contributed by atoms with Gasteiger partial charge in [0.05, 0.1) is 71.8 Å². The number of carbonyl (C=O) groups is 3. The lowest BCUT2D eigenvalue weighted by Gasteiger charge is -2.32. The molecule has 0 atom stereocenters. The van der Waals surface area contributed by atoms with Crippen molar-refractivity contribution in [3.63, 3.8) is 0 Å². The molecule has 0 aliphatic carbocycles. The summed E-state index contributed by atoms with van der Waals surface area (Å²) in [7, 11) is -9.08. The Hall–Kier alpha value is -4.63. The van der Waals surface area contributed by atoms with E-state index >= 15 is 0 Å². The molecule has 3 amide bonds. The number of benzene rings is 6. The highest BCUT2D eigenvalue weighted by Crippen LogP contribution is 2.44. The van der Waals surface area contributed by atoms with Crippen LogP contribution in [-0.2, 0) is 58.9 Å². The summed E-state index contributed by atoms with van der Waals surface area (Å²) in [6.45, 7) is 24.9. The Morgan fingerprint density at radius 2 is 1.11 bits per heavy atom. The lowest BCUT2D eigenvalue weighted by atomic mass is 9.49. The number of thiol groups is 1. The van der Waals surface area contributed by atoms with Crippen molar-refractivity contribution in [2.45, 2.75) is 184 Å². The standard InChI is InChI=1S/C29H23F3N4O7S3.C15H23BO3S.C12H24B2O4.C9H11BrOS.C6H5BrS.C3H7BrO/c30-29(31,32)28(39)33-12-3-13-45(40,41)20-9-6-17(7-10-20)27-35-16-19(44-27)15-34-25(37)18-8-11-24-22(14-18)36-26(38)21-4-1-2-5-23(21)46(24,42)43;1-14(2)15(3,4)19-16(18-14)12-6-8-13(9-7-12)20-11-5-10-17;1-9(2)10(3,4)16-13(15-9)14-17-11(5,6)12(7,8)18-14;10-8-2-4-9(5-3-8)12-7-1-6-11;7-5-1-3-6(8)4-2-5;4-2-1-3-5/h1-2,4-11,14,16H,3,12-13,15H2,(H,33,39)(H,34,37)(H,36,38);6-9,17H,5,10-11H2,1-4H3;1-8H3;2-5,11H,1,6-7H2;1-4,8H;5H,1-3H2. The molecule has 6 aromatic carbocycles. The Morgan fingerprint density at radius 1 is 0.633 bits per heavy atom. The molecule has 4 aliphatic rings. The maximum atomic E-state index is 13.2. The summed E-state index contributed by atoms with van der Waals surface area (Å²) in [6.07, 6.45) is -1.18. The lowest BCUT2D eigenvalue weighted by Crippen LogP contribution is -2.41. The minimum atomic E-state index is -5.04. The number of thioether (sulfide) groups is 2. The number of anilines is 1. The molecule has 5 heterocycles. The first kappa shape index (κ1) is 93.2. The van der Waals surface area contributed by atoms with Gasteiger partial charge in [-0.15, -0.1) is 47.5 Å². The molecule has 0 unspecified atom stereocenters. The van der Waals surface area contributed by atoms with Crippen LogP contribution in [0.3, 0.4) is 0 Å². The monoisotopic (exact) mass is 1810 g/mol. The van der Waals surface area contributed by atoms with E-state index in [2.05, 4.69) is 140 Å². The number of hydrogen-bond donors (Lipinski definition) is 7. The maximum absolute atomic E-state index is 13.2. The fraction of sp³-hybridized carbons (Fsp3) is 0.432. The van der Waals surface area contributed by atoms with Gasteiger partial charge in [0, 0.05) is 89.0 Å². The fourth-order valence-electron chi connectivity index (χ4n) is 9.72. The molecule has 109 heavy (non-hydrogen) atoms. The minimum absolute atomic E-state index is 0.00317. The van der Waals surface area contributed by atoms with E-state index in [1.807, 2.05) is 91.8 Å². The average molecular weight is 1820 g/mol. The largest absolute Gasteiger partial charge is 0.494 e. The second-order valence-corrected chi connectivity index (χ2v) is 38.5. The van der Waals surface area contributed by atoms with Crippen LogP contribution in [0.15, 0.2) is 184 Å². The van der Waals surface area contributed by atoms with E-state index in [9.17, 15) is 44.4 Å². The maximum Gasteiger partial charge on any atom is 0.494 e. The van der Waals surface area contributed by atoms with E-state index in [4.69, 9.17) is 43.2 Å². The zero-order valence-electron chi connectivity index (χ0n) is 62.6. The predicted molar refractivity (Wildman–Crippen MR) is 441 cm³/mol. The number of sulfone groups is 2. The van der Waals surface area contributed by atoms with E-state index in [0.29, 0.717) is 22.1 Å². The van der Waals surface area contributed by atoms with Gasteiger partial charge in [-0.1, -0.05) is 84.2 Å². The van der Waals surface area contributed by atoms with Gasteiger partial charge in [0.1, 0.15) is 5.01 Å². The summed E-state index contributed by atoms with van der Waals surface area (Å²) in [6, 6.07) is 39.8. The summed E-state index contributed by atoms with van der Waals surface area (Å²) in [4.78, 5) is 44.6. The molecule has 7 aromatic rings. The van der Waals surface area contributed by atoms with Crippen LogP contribution in [0.2, 0.25) is 0 Å². The molecule has 20 nitrogen and oxygen atoms in total. The van der Waals surface area contributed by atoms with Gasteiger partial charge in [-0.2, -0.15) is 13.2 Å². The van der Waals surface area contributed by atoms with Crippen molar-refractivity contribution >= 4 is 165 Å². The minimum Gasteiger partial charge on any atom is -0.405 e. The number of nitrogens with one attached hydrogen (secondary N) is 3. The molecule has 0 spiro atoms. The topological polar surface area (TPSA) is 285 Å². The van der Waals surface area contributed by atoms with Crippen LogP contribution in [0.25, 0.3) is 10.6 Å². The summed E-state index contributed by atoms with van der Waals surface area (Å²) in [5.41, 5.74) is -0.310. The molecule has 35 heteroatoms. The number of fused-ring (bicyclic) bond motifs is 2. The van der Waals surface area contributed by atoms with Crippen LogP contribution in [0.1, 0.15) is 134 Å². The third-order valence-corrected chi connectivity index (χ3v) is 26.9. The number of alkyl halides is 4. The van der Waals surface area contributed by atoms with Crippen LogP contribution in [0.5, 0.6) is 0 Å². The van der Waals surface area contributed by atoms with Crippen LogP contribution < -0.4 is 21.4 Å². The Bertz CT molecular complexity index is 4260. The molecule has 0 radical (unpaired) electrons. The molecule has 6 N–H and O–H groups in total. The predicted octanol–water partition coefficient (Wildman–Crippen LogP) is 15.1. The van der Waals surface area contributed by atoms with Gasteiger partial charge in [0.15, 0.2) is 9.84 Å². The van der Waals surface area contributed by atoms with Crippen LogP contribution in [0, 0.1) is 0 Å². The third kappa shape index (κ3) is 27.0. The van der Waals surface area contributed by atoms with Gasteiger partial charge >= 0.3 is 33.2 Å². The number of hydrogen-bond acceptors (Lipinski definition) is 21. The van der Waals surface area contributed by atoms with E-state index in [0.717, 1.165) is 55.4 Å². The highest BCUT2D eigenvalue weighted by atomic mass is 79.9. The molecule has 3 saturated heterocycles. The number of thiazole rings is 1. The van der Waals surface area contributed by atoms with Crippen LogP contribution in [0.4, 0.5) is 18.9 Å². The zero-order valence-corrected chi connectivity index (χ0v) is 72.4. The van der Waals surface area contributed by atoms with Gasteiger partial charge in [-0.3, -0.25) is 14.4 Å². The fourth-order valence-corrected chi connectivity index (χ4v) is 16.1. The summed E-state index contributed by atoms with van der Waals surface area (Å²) in [5.74, 6) is -1.83. The van der Waals surface area contributed by atoms with Gasteiger partial charge in [0.2, 0.25) is 9.84 Å². The molecule has 4 aliphatic heterocycles. The number of aliphatic hydroxyl groups is 3. The van der Waals surface area contributed by atoms with Crippen molar-refractivity contribution < 1.29 is 87.6 Å². The second-order valence-electron chi connectivity index (χ2n) is 27.9. The Kier molecular flexibility index (Phi) is 35.2. The van der Waals surface area contributed by atoms with E-state index in [1.165, 1.54) is 88.0 Å².